The third-order valence-corrected chi connectivity index (χ3v) is 5.76. The first-order valence-corrected chi connectivity index (χ1v) is 11.6. The highest BCUT2D eigenvalue weighted by Gasteiger charge is 2.16. The third kappa shape index (κ3) is 7.63. The van der Waals surface area contributed by atoms with Crippen LogP contribution in [-0.2, 0) is 0 Å². The summed E-state index contributed by atoms with van der Waals surface area (Å²) >= 11 is 0. The number of nitriles is 1. The van der Waals surface area contributed by atoms with Crippen molar-refractivity contribution < 1.29 is 4.74 Å². The molecule has 172 valence electrons. The molecule has 2 rings (SSSR count). The van der Waals surface area contributed by atoms with Gasteiger partial charge in [0.1, 0.15) is 11.5 Å². The van der Waals surface area contributed by atoms with Gasteiger partial charge in [0.15, 0.2) is 0 Å². The zero-order valence-corrected chi connectivity index (χ0v) is 20.4. The Morgan fingerprint density at radius 3 is 2.82 bits per heavy atom. The molecule has 0 aromatic heterocycles. The van der Waals surface area contributed by atoms with Gasteiger partial charge in [0, 0.05) is 12.1 Å². The second kappa shape index (κ2) is 13.3. The Morgan fingerprint density at radius 1 is 1.39 bits per heavy atom. The lowest BCUT2D eigenvalue weighted by molar-refractivity contribution is 0.448. The molecule has 4 nitrogen and oxygen atoms in total. The monoisotopic (exact) mass is 441 g/mol. The van der Waals surface area contributed by atoms with Crippen molar-refractivity contribution in [2.75, 3.05) is 6.54 Å². The van der Waals surface area contributed by atoms with Gasteiger partial charge in [-0.05, 0) is 68.9 Å². The van der Waals surface area contributed by atoms with Crippen molar-refractivity contribution in [2.24, 2.45) is 16.6 Å². The minimum Gasteiger partial charge on any atom is -0.455 e. The van der Waals surface area contributed by atoms with E-state index in [0.717, 1.165) is 24.0 Å². The molecule has 4 heteroatoms. The Labute approximate surface area is 199 Å². The molecule has 1 aliphatic heterocycles. The molecule has 1 aliphatic rings. The van der Waals surface area contributed by atoms with Gasteiger partial charge in [0.2, 0.25) is 0 Å². The van der Waals surface area contributed by atoms with Crippen LogP contribution in [0.25, 0.3) is 0 Å². The molecule has 1 heterocycles. The number of aliphatic imine (C=N–C) groups is 1. The number of benzene rings is 1. The summed E-state index contributed by atoms with van der Waals surface area (Å²) in [6.07, 6.45) is 14.1. The van der Waals surface area contributed by atoms with Crippen LogP contribution in [0.5, 0.6) is 5.75 Å². The quantitative estimate of drug-likeness (QED) is 0.384. The molecule has 0 bridgehead atoms. The van der Waals surface area contributed by atoms with Gasteiger partial charge in [-0.15, -0.1) is 5.92 Å². The molecule has 0 aliphatic carbocycles. The maximum atomic E-state index is 9.49. The normalized spacial score (nSPS) is 19.8. The second-order valence-corrected chi connectivity index (χ2v) is 8.19. The van der Waals surface area contributed by atoms with E-state index in [1.54, 1.807) is 18.3 Å². The summed E-state index contributed by atoms with van der Waals surface area (Å²) in [5.74, 6) is 7.76. The number of allylic oxidation sites excluding steroid dienone is 5. The van der Waals surface area contributed by atoms with E-state index in [1.165, 1.54) is 5.57 Å². The predicted molar refractivity (Wildman–Crippen MR) is 138 cm³/mol. The van der Waals surface area contributed by atoms with Crippen LogP contribution in [0.4, 0.5) is 0 Å². The van der Waals surface area contributed by atoms with Crippen LogP contribution in [0.1, 0.15) is 64.5 Å². The summed E-state index contributed by atoms with van der Waals surface area (Å²) in [5.41, 5.74) is 9.52. The highest BCUT2D eigenvalue weighted by molar-refractivity contribution is 5.78. The first-order chi connectivity index (χ1) is 15.9. The Balaban J connectivity index is 2.55. The third-order valence-electron chi connectivity index (χ3n) is 5.76. The zero-order chi connectivity index (χ0) is 24.2. The molecule has 0 saturated carbocycles. The van der Waals surface area contributed by atoms with Gasteiger partial charge >= 0.3 is 0 Å². The predicted octanol–water partition coefficient (Wildman–Crippen LogP) is 6.22. The summed E-state index contributed by atoms with van der Waals surface area (Å²) in [6, 6.07) is 7.88. The average Bonchev–Trinajstić information content (AvgIpc) is 2.83. The van der Waals surface area contributed by atoms with Crippen molar-refractivity contribution in [2.45, 2.75) is 59.4 Å². The first-order valence-electron chi connectivity index (χ1n) is 11.6. The van der Waals surface area contributed by atoms with E-state index in [2.05, 4.69) is 55.8 Å². The maximum absolute atomic E-state index is 9.49. The number of rotatable bonds is 8. The summed E-state index contributed by atoms with van der Waals surface area (Å²) in [4.78, 5) is 4.62. The zero-order valence-electron chi connectivity index (χ0n) is 20.4. The van der Waals surface area contributed by atoms with Crippen molar-refractivity contribution in [3.8, 4) is 23.7 Å². The van der Waals surface area contributed by atoms with E-state index in [-0.39, 0.29) is 12.0 Å². The second-order valence-electron chi connectivity index (χ2n) is 8.19. The van der Waals surface area contributed by atoms with E-state index in [9.17, 15) is 5.26 Å². The minimum absolute atomic E-state index is 0.179. The molecule has 0 fully saturated rings. The molecule has 3 unspecified atom stereocenters. The molecule has 3 atom stereocenters. The van der Waals surface area contributed by atoms with Crippen molar-refractivity contribution >= 4 is 6.21 Å². The summed E-state index contributed by atoms with van der Waals surface area (Å²) in [5, 5.41) is 9.49. The Hall–Kier alpha value is -3.34. The van der Waals surface area contributed by atoms with Crippen LogP contribution in [0.3, 0.4) is 0 Å². The van der Waals surface area contributed by atoms with Crippen LogP contribution in [0, 0.1) is 29.1 Å². The maximum Gasteiger partial charge on any atom is 0.145 e. The van der Waals surface area contributed by atoms with E-state index in [0.29, 0.717) is 29.5 Å². The summed E-state index contributed by atoms with van der Waals surface area (Å²) in [6.45, 7) is 10.7. The van der Waals surface area contributed by atoms with Crippen LogP contribution < -0.4 is 10.5 Å². The van der Waals surface area contributed by atoms with Gasteiger partial charge in [0.25, 0.3) is 0 Å². The van der Waals surface area contributed by atoms with Crippen LogP contribution in [0.2, 0.25) is 0 Å². The van der Waals surface area contributed by atoms with Gasteiger partial charge in [-0.3, -0.25) is 4.99 Å². The first kappa shape index (κ1) is 25.9. The Bertz CT molecular complexity index is 1070. The molecule has 1 aromatic rings. The number of hydrogen-bond donors (Lipinski definition) is 1. The smallest absolute Gasteiger partial charge is 0.145 e. The molecule has 0 radical (unpaired) electrons. The van der Waals surface area contributed by atoms with Crippen molar-refractivity contribution in [3.05, 3.63) is 76.6 Å². The number of ether oxygens (including phenoxy) is 1. The fraction of sp³-hybridized carbons (Fsp3) is 0.379. The average molecular weight is 442 g/mol. The summed E-state index contributed by atoms with van der Waals surface area (Å²) in [7, 11) is 0. The molecule has 0 amide bonds. The Morgan fingerprint density at radius 2 is 2.18 bits per heavy atom. The van der Waals surface area contributed by atoms with Gasteiger partial charge in [-0.1, -0.05) is 50.1 Å². The van der Waals surface area contributed by atoms with E-state index >= 15 is 0 Å². The molecule has 1 aromatic carbocycles. The van der Waals surface area contributed by atoms with Crippen LogP contribution in [-0.4, -0.2) is 18.8 Å². The van der Waals surface area contributed by atoms with Crippen molar-refractivity contribution in [1.82, 2.24) is 0 Å². The highest BCUT2D eigenvalue weighted by atomic mass is 16.5. The lowest BCUT2D eigenvalue weighted by atomic mass is 9.95. The van der Waals surface area contributed by atoms with Gasteiger partial charge in [-0.2, -0.15) is 5.26 Å². The molecular weight excluding hydrogens is 406 g/mol. The van der Waals surface area contributed by atoms with Gasteiger partial charge in [-0.25, -0.2) is 0 Å². The molecular formula is C29H35N3O. The van der Waals surface area contributed by atoms with Crippen LogP contribution in [0.15, 0.2) is 70.5 Å². The van der Waals surface area contributed by atoms with Crippen molar-refractivity contribution in [1.29, 1.82) is 5.26 Å². The number of nitrogens with two attached hydrogens (primary N) is 1. The topological polar surface area (TPSA) is 71.4 Å². The summed E-state index contributed by atoms with van der Waals surface area (Å²) < 4.78 is 6.40. The largest absolute Gasteiger partial charge is 0.455 e. The van der Waals surface area contributed by atoms with Crippen molar-refractivity contribution in [3.63, 3.8) is 0 Å². The van der Waals surface area contributed by atoms with Gasteiger partial charge in [0.05, 0.1) is 29.8 Å². The lowest BCUT2D eigenvalue weighted by Gasteiger charge is -2.18. The lowest BCUT2D eigenvalue weighted by Crippen LogP contribution is -2.09. The number of nitrogens with zero attached hydrogens (tertiary/aromatic N) is 2. The molecule has 0 spiro atoms. The fourth-order valence-corrected chi connectivity index (χ4v) is 3.43. The number of hydrogen-bond acceptors (Lipinski definition) is 4. The standard InChI is InChI=1S/C29H35N3O/c1-6-9-25(14-11-23(8-3)18-30)28-15-12-24(19-31)16-29(28)33-27-17-26(21(4)7-2)13-10-22(5)32-20-27/h8,11-17,20-22,25H,7,10,18,30H2,1-5H3/b14-11-,23-8+,26-13-,27-17?,32-20?. The van der Waals surface area contributed by atoms with E-state index in [1.807, 2.05) is 38.1 Å². The Kier molecular flexibility index (Phi) is 10.4. The van der Waals surface area contributed by atoms with E-state index < -0.39 is 0 Å². The fourth-order valence-electron chi connectivity index (χ4n) is 3.43. The molecule has 0 saturated heterocycles. The SMILES string of the molecule is CC#CC(/C=C\C(=C/C)CN)c1ccc(C#N)cc1OC1=C/C(C(C)CC)=C/CC(C)N=C1. The molecule has 2 N–H and O–H groups in total. The van der Waals surface area contributed by atoms with Crippen LogP contribution >= 0.6 is 0 Å². The van der Waals surface area contributed by atoms with Gasteiger partial charge < -0.3 is 10.5 Å². The molecule has 33 heavy (non-hydrogen) atoms. The van der Waals surface area contributed by atoms with E-state index in [4.69, 9.17) is 10.5 Å². The minimum atomic E-state index is -0.200. The highest BCUT2D eigenvalue weighted by Crippen LogP contribution is 2.31.